The van der Waals surface area contributed by atoms with Crippen LogP contribution in [-0.4, -0.2) is 87.6 Å². The molecule has 0 unspecified atom stereocenters. The Morgan fingerprint density at radius 1 is 1.08 bits per heavy atom. The molecule has 1 aromatic carbocycles. The number of hydrogen-bond donors (Lipinski definition) is 3. The molecule has 4 aliphatic rings. The smallest absolute Gasteiger partial charge is 0.274 e. The highest BCUT2D eigenvalue weighted by Gasteiger charge is 2.62. The number of benzene rings is 1. The van der Waals surface area contributed by atoms with Gasteiger partial charge in [0.2, 0.25) is 27.7 Å². The first kappa shape index (κ1) is 36.4. The van der Waals surface area contributed by atoms with Crippen molar-refractivity contribution in [3.8, 4) is 5.88 Å². The summed E-state index contributed by atoms with van der Waals surface area (Å²) < 4.78 is 53.3. The van der Waals surface area contributed by atoms with Gasteiger partial charge in [-0.2, -0.15) is 0 Å². The lowest BCUT2D eigenvalue weighted by atomic mass is 10.0. The highest BCUT2D eigenvalue weighted by atomic mass is 32.2. The molecule has 2 saturated carbocycles. The van der Waals surface area contributed by atoms with Crippen LogP contribution in [0.15, 0.2) is 34.9 Å². The predicted molar refractivity (Wildman–Crippen MR) is 187 cm³/mol. The van der Waals surface area contributed by atoms with Gasteiger partial charge in [0.25, 0.3) is 11.8 Å². The molecule has 4 amide bonds. The van der Waals surface area contributed by atoms with E-state index in [1.807, 2.05) is 12.2 Å². The van der Waals surface area contributed by atoms with Crippen molar-refractivity contribution >= 4 is 44.7 Å². The van der Waals surface area contributed by atoms with Gasteiger partial charge in [-0.1, -0.05) is 30.2 Å². The SMILES string of the molecule is Cc1nc2ccc(F)cc2nc1O[C@@H]1C[C@H]2C(=O)N[C@]3(C(=O)NS(=O)(=O)C4CC4)C[C@H]3C=CCCCCC[C@H](NC(=O)c3noc(C)c3C)C(=O)N2C1. The Kier molecular flexibility index (Phi) is 9.72. The Bertz CT molecular complexity index is 2120. The lowest BCUT2D eigenvalue weighted by molar-refractivity contribution is -0.141. The topological polar surface area (TPSA) is 203 Å². The Labute approximate surface area is 305 Å². The predicted octanol–water partition coefficient (Wildman–Crippen LogP) is 2.83. The molecule has 3 N–H and O–H groups in total. The summed E-state index contributed by atoms with van der Waals surface area (Å²) in [6, 6.07) is 1.78. The number of sulfonamides is 1. The van der Waals surface area contributed by atoms with E-state index >= 15 is 0 Å². The molecule has 3 fully saturated rings. The van der Waals surface area contributed by atoms with Crippen LogP contribution >= 0.6 is 0 Å². The maximum absolute atomic E-state index is 14.5. The number of allylic oxidation sites excluding steroid dienone is 1. The summed E-state index contributed by atoms with van der Waals surface area (Å²) in [4.78, 5) is 66.2. The molecule has 15 nitrogen and oxygen atoms in total. The molecule has 2 aliphatic carbocycles. The largest absolute Gasteiger partial charge is 0.471 e. The first-order chi connectivity index (χ1) is 25.3. The molecular weight excluding hydrogens is 710 g/mol. The van der Waals surface area contributed by atoms with Crippen molar-refractivity contribution in [1.29, 1.82) is 0 Å². The van der Waals surface area contributed by atoms with E-state index in [4.69, 9.17) is 9.26 Å². The third-order valence-corrected chi connectivity index (χ3v) is 12.4. The van der Waals surface area contributed by atoms with Gasteiger partial charge in [0, 0.05) is 24.0 Å². The lowest BCUT2D eigenvalue weighted by Crippen LogP contribution is -2.58. The Balaban J connectivity index is 1.20. The number of rotatable bonds is 7. The molecule has 17 heteroatoms. The summed E-state index contributed by atoms with van der Waals surface area (Å²) >= 11 is 0. The van der Waals surface area contributed by atoms with Gasteiger partial charge in [-0.15, -0.1) is 0 Å². The number of carbonyl (C=O) groups excluding carboxylic acids is 4. The van der Waals surface area contributed by atoms with E-state index in [2.05, 4.69) is 30.5 Å². The minimum absolute atomic E-state index is 0.0271. The Morgan fingerprint density at radius 3 is 2.60 bits per heavy atom. The van der Waals surface area contributed by atoms with Gasteiger partial charge < -0.3 is 24.8 Å². The minimum atomic E-state index is -3.91. The van der Waals surface area contributed by atoms with Crippen molar-refractivity contribution in [3.63, 3.8) is 0 Å². The zero-order valence-corrected chi connectivity index (χ0v) is 30.5. The molecule has 0 bridgehead atoms. The molecule has 282 valence electrons. The van der Waals surface area contributed by atoms with Crippen LogP contribution in [-0.2, 0) is 24.4 Å². The van der Waals surface area contributed by atoms with Gasteiger partial charge in [-0.05, 0) is 71.4 Å². The lowest BCUT2D eigenvalue weighted by Gasteiger charge is -2.29. The van der Waals surface area contributed by atoms with E-state index in [1.165, 1.54) is 23.1 Å². The number of amides is 4. The van der Waals surface area contributed by atoms with Crippen molar-refractivity contribution in [1.82, 2.24) is 35.4 Å². The van der Waals surface area contributed by atoms with E-state index in [0.29, 0.717) is 48.2 Å². The molecule has 1 saturated heterocycles. The van der Waals surface area contributed by atoms with Gasteiger partial charge in [-0.3, -0.25) is 23.9 Å². The average molecular weight is 752 g/mol. The van der Waals surface area contributed by atoms with E-state index in [9.17, 15) is 32.0 Å². The normalized spacial score (nSPS) is 26.5. The molecular formula is C36H42FN7O8S. The molecule has 3 aromatic rings. The van der Waals surface area contributed by atoms with Crippen LogP contribution in [0.3, 0.4) is 0 Å². The summed E-state index contributed by atoms with van der Waals surface area (Å²) in [6.45, 7) is 4.95. The number of carbonyl (C=O) groups is 4. The summed E-state index contributed by atoms with van der Waals surface area (Å²) in [5, 5.41) is 8.87. The summed E-state index contributed by atoms with van der Waals surface area (Å²) in [6.07, 6.45) is 7.05. The number of halogens is 1. The maximum Gasteiger partial charge on any atom is 0.274 e. The second-order valence-electron chi connectivity index (χ2n) is 14.5. The minimum Gasteiger partial charge on any atom is -0.471 e. The second-order valence-corrected chi connectivity index (χ2v) is 16.4. The number of aromatic nitrogens is 3. The quantitative estimate of drug-likeness (QED) is 0.300. The van der Waals surface area contributed by atoms with Crippen molar-refractivity contribution in [2.24, 2.45) is 5.92 Å². The first-order valence-electron chi connectivity index (χ1n) is 18.0. The summed E-state index contributed by atoms with van der Waals surface area (Å²) in [5.74, 6) is -3.04. The van der Waals surface area contributed by atoms with Crippen LogP contribution in [0.1, 0.15) is 85.3 Å². The number of nitrogens with zero attached hydrogens (tertiary/aromatic N) is 4. The Hall–Kier alpha value is -4.93. The van der Waals surface area contributed by atoms with Crippen LogP contribution < -0.4 is 20.1 Å². The van der Waals surface area contributed by atoms with E-state index < -0.39 is 74.4 Å². The second kappa shape index (κ2) is 14.1. The number of nitrogens with one attached hydrogen (secondary N) is 3. The third kappa shape index (κ3) is 7.48. The molecule has 2 aliphatic heterocycles. The van der Waals surface area contributed by atoms with Gasteiger partial charge in [-0.25, -0.2) is 22.8 Å². The number of hydrogen-bond acceptors (Lipinski definition) is 11. The molecule has 0 radical (unpaired) electrons. The van der Waals surface area contributed by atoms with Gasteiger partial charge in [0.05, 0.1) is 22.8 Å². The zero-order chi connectivity index (χ0) is 37.7. The third-order valence-electron chi connectivity index (χ3n) is 10.6. The van der Waals surface area contributed by atoms with Gasteiger partial charge in [0.15, 0.2) is 5.69 Å². The van der Waals surface area contributed by atoms with Crippen molar-refractivity contribution < 1.29 is 41.2 Å². The molecule has 5 atom stereocenters. The van der Waals surface area contributed by atoms with Gasteiger partial charge in [0.1, 0.15) is 41.0 Å². The molecule has 7 rings (SSSR count). The highest BCUT2D eigenvalue weighted by molar-refractivity contribution is 7.91. The fraction of sp³-hybridized carbons (Fsp3) is 0.528. The first-order valence-corrected chi connectivity index (χ1v) is 19.5. The molecule has 4 heterocycles. The van der Waals surface area contributed by atoms with Crippen molar-refractivity contribution in [2.75, 3.05) is 6.54 Å². The Morgan fingerprint density at radius 2 is 1.87 bits per heavy atom. The van der Waals surface area contributed by atoms with E-state index in [0.717, 1.165) is 12.8 Å². The van der Waals surface area contributed by atoms with Crippen LogP contribution in [0.5, 0.6) is 5.88 Å². The van der Waals surface area contributed by atoms with Crippen LogP contribution in [0.2, 0.25) is 0 Å². The van der Waals surface area contributed by atoms with Crippen LogP contribution in [0, 0.1) is 32.5 Å². The number of fused-ring (bicyclic) bond motifs is 3. The average Bonchev–Trinajstić information content (AvgIpc) is 4.01. The number of ether oxygens (including phenoxy) is 1. The van der Waals surface area contributed by atoms with Crippen LogP contribution in [0.25, 0.3) is 11.0 Å². The van der Waals surface area contributed by atoms with Crippen molar-refractivity contribution in [2.45, 2.75) is 108 Å². The van der Waals surface area contributed by atoms with Crippen molar-refractivity contribution in [3.05, 3.63) is 58.9 Å². The molecule has 53 heavy (non-hydrogen) atoms. The molecule has 2 aromatic heterocycles. The molecule has 0 spiro atoms. The fourth-order valence-corrected chi connectivity index (χ4v) is 8.44. The number of aryl methyl sites for hydroxylation is 2. The highest BCUT2D eigenvalue weighted by Crippen LogP contribution is 2.46. The maximum atomic E-state index is 14.5. The monoisotopic (exact) mass is 751 g/mol. The van der Waals surface area contributed by atoms with Crippen LogP contribution in [0.4, 0.5) is 4.39 Å². The van der Waals surface area contributed by atoms with Gasteiger partial charge >= 0.3 is 0 Å². The standard InChI is InChI=1S/C36H42FN7O8S/c1-19-21(3)52-42-30(19)32(46)39-27-10-8-6-4-5-7-9-22-17-36(22,35(48)43-53(49,50)25-12-13-25)41-31(45)29-16-24(18-44(29)34(27)47)51-33-20(2)38-26-14-11-23(37)15-28(26)40-33/h7,9,11,14-15,22,24-25,27,29H,4-6,8,10,12-13,16-18H2,1-3H3,(H,39,46)(H,41,45)(H,43,48)/t22-,24-,27+,29+,36-/m1/s1. The summed E-state index contributed by atoms with van der Waals surface area (Å²) in [5.41, 5.74) is 0.168. The van der Waals surface area contributed by atoms with E-state index in [-0.39, 0.29) is 42.9 Å². The fourth-order valence-electron chi connectivity index (χ4n) is 7.07. The summed E-state index contributed by atoms with van der Waals surface area (Å²) in [7, 11) is -3.91. The zero-order valence-electron chi connectivity index (χ0n) is 29.7. The van der Waals surface area contributed by atoms with E-state index in [1.54, 1.807) is 20.8 Å².